The second-order valence-electron chi connectivity index (χ2n) is 5.44. The van der Waals surface area contributed by atoms with Crippen molar-refractivity contribution in [2.24, 2.45) is 14.1 Å². The zero-order chi connectivity index (χ0) is 15.9. The van der Waals surface area contributed by atoms with E-state index in [1.54, 1.807) is 0 Å². The summed E-state index contributed by atoms with van der Waals surface area (Å²) in [5, 5.41) is 6.36. The molecule has 1 amide bonds. The second-order valence-corrected chi connectivity index (χ2v) is 5.44. The Kier molecular flexibility index (Phi) is 6.53. The van der Waals surface area contributed by atoms with Crippen molar-refractivity contribution in [3.63, 3.8) is 0 Å². The normalized spacial score (nSPS) is 16.3. The molecule has 132 valence electrons. The van der Waals surface area contributed by atoms with Crippen LogP contribution < -0.4 is 21.9 Å². The predicted octanol–water partition coefficient (Wildman–Crippen LogP) is -0.432. The minimum atomic E-state index is -0.470. The van der Waals surface area contributed by atoms with Gasteiger partial charge in [-0.05, 0) is 25.1 Å². The number of halogens is 2. The first-order valence-corrected chi connectivity index (χ1v) is 7.07. The number of nitrogens with zero attached hydrogens (tertiary/aromatic N) is 3. The molecule has 1 saturated heterocycles. The quantitative estimate of drug-likeness (QED) is 0.741. The fourth-order valence-corrected chi connectivity index (χ4v) is 2.62. The van der Waals surface area contributed by atoms with Crippen LogP contribution in [-0.2, 0) is 14.1 Å². The second kappa shape index (κ2) is 7.78. The smallest absolute Gasteiger partial charge is 0.332 e. The van der Waals surface area contributed by atoms with Crippen molar-refractivity contribution in [1.82, 2.24) is 24.8 Å². The molecular weight excluding hydrogens is 357 g/mol. The van der Waals surface area contributed by atoms with E-state index in [1.165, 1.54) is 30.8 Å². The van der Waals surface area contributed by atoms with E-state index in [-0.39, 0.29) is 48.1 Å². The molecule has 0 saturated carbocycles. The van der Waals surface area contributed by atoms with E-state index in [9.17, 15) is 14.4 Å². The topological polar surface area (TPSA) is 98.0 Å². The summed E-state index contributed by atoms with van der Waals surface area (Å²) < 4.78 is 2.29. The number of nitrogens with one attached hydrogen (secondary N) is 2. The highest BCUT2D eigenvalue weighted by atomic mass is 35.5. The Labute approximate surface area is 150 Å². The summed E-state index contributed by atoms with van der Waals surface area (Å²) in [6.07, 6.45) is 0.873. The van der Waals surface area contributed by atoms with Gasteiger partial charge in [-0.15, -0.1) is 24.8 Å². The number of fused-ring (bicyclic) bond motifs is 1. The third-order valence-corrected chi connectivity index (χ3v) is 3.93. The summed E-state index contributed by atoms with van der Waals surface area (Å²) in [5.74, 6) is -0.302. The number of aromatic nitrogens is 3. The van der Waals surface area contributed by atoms with Crippen molar-refractivity contribution in [2.45, 2.75) is 12.5 Å². The highest BCUT2D eigenvalue weighted by Gasteiger charge is 2.19. The molecule has 1 aliphatic heterocycles. The Bertz CT molecular complexity index is 871. The first-order valence-electron chi connectivity index (χ1n) is 7.07. The van der Waals surface area contributed by atoms with Gasteiger partial charge in [-0.25, -0.2) is 9.78 Å². The molecule has 0 aliphatic carbocycles. The maximum Gasteiger partial charge on any atom is 0.332 e. The monoisotopic (exact) mass is 375 g/mol. The number of hydrogen-bond acceptors (Lipinski definition) is 5. The Balaban J connectivity index is 0.00000144. The lowest BCUT2D eigenvalue weighted by molar-refractivity contribution is 0.0935. The Morgan fingerprint density at radius 3 is 2.58 bits per heavy atom. The van der Waals surface area contributed by atoms with Gasteiger partial charge < -0.3 is 10.6 Å². The van der Waals surface area contributed by atoms with Crippen LogP contribution >= 0.6 is 24.8 Å². The molecule has 3 heterocycles. The minimum absolute atomic E-state index is 0. The van der Waals surface area contributed by atoms with E-state index in [4.69, 9.17) is 0 Å². The molecule has 1 atom stereocenters. The molecule has 1 fully saturated rings. The molecule has 10 heteroatoms. The third kappa shape index (κ3) is 3.45. The number of carbonyl (C=O) groups is 1. The highest BCUT2D eigenvalue weighted by molar-refractivity contribution is 5.94. The summed E-state index contributed by atoms with van der Waals surface area (Å²) in [6.45, 7) is 1.61. The maximum atomic E-state index is 12.2. The van der Waals surface area contributed by atoms with Crippen molar-refractivity contribution in [3.8, 4) is 0 Å². The molecule has 2 aromatic rings. The van der Waals surface area contributed by atoms with Crippen LogP contribution in [0, 0.1) is 0 Å². The van der Waals surface area contributed by atoms with Crippen molar-refractivity contribution in [1.29, 1.82) is 0 Å². The fourth-order valence-electron chi connectivity index (χ4n) is 2.62. The largest absolute Gasteiger partial charge is 0.347 e. The van der Waals surface area contributed by atoms with Crippen LogP contribution in [0.5, 0.6) is 0 Å². The van der Waals surface area contributed by atoms with Crippen LogP contribution in [-0.4, -0.2) is 39.2 Å². The highest BCUT2D eigenvalue weighted by Crippen LogP contribution is 2.07. The van der Waals surface area contributed by atoms with Gasteiger partial charge in [-0.1, -0.05) is 0 Å². The van der Waals surface area contributed by atoms with Gasteiger partial charge in [0.1, 0.15) is 11.3 Å². The van der Waals surface area contributed by atoms with E-state index < -0.39 is 11.2 Å². The van der Waals surface area contributed by atoms with Crippen LogP contribution in [0.2, 0.25) is 0 Å². The average Bonchev–Trinajstić information content (AvgIpc) is 3.03. The van der Waals surface area contributed by atoms with Gasteiger partial charge >= 0.3 is 5.69 Å². The molecule has 2 aromatic heterocycles. The molecule has 0 spiro atoms. The Hall–Kier alpha value is -1.90. The molecule has 3 rings (SSSR count). The standard InChI is InChI=1S/C14H17N5O3.2ClH/c1-18-11-9(13(21)19(2)14(18)22)3-4-10(17-11)12(20)16-8-5-6-15-7-8;;/h3-4,8,15H,5-7H2,1-2H3,(H,16,20);2*1H. The van der Waals surface area contributed by atoms with Crippen molar-refractivity contribution in [3.05, 3.63) is 38.7 Å². The lowest BCUT2D eigenvalue weighted by atomic mass is 10.2. The molecule has 0 aromatic carbocycles. The molecule has 1 unspecified atom stereocenters. The average molecular weight is 376 g/mol. The molecule has 24 heavy (non-hydrogen) atoms. The van der Waals surface area contributed by atoms with Crippen LogP contribution in [0.3, 0.4) is 0 Å². The molecule has 2 N–H and O–H groups in total. The van der Waals surface area contributed by atoms with Crippen molar-refractivity contribution in [2.75, 3.05) is 13.1 Å². The third-order valence-electron chi connectivity index (χ3n) is 3.93. The predicted molar refractivity (Wildman–Crippen MR) is 95.5 cm³/mol. The summed E-state index contributed by atoms with van der Waals surface area (Å²) in [5.41, 5.74) is -0.479. The van der Waals surface area contributed by atoms with Crippen LogP contribution in [0.1, 0.15) is 16.9 Å². The van der Waals surface area contributed by atoms with E-state index in [0.717, 1.165) is 24.1 Å². The molecule has 1 aliphatic rings. The number of pyridine rings is 1. The van der Waals surface area contributed by atoms with Gasteiger partial charge in [0.25, 0.3) is 11.5 Å². The van der Waals surface area contributed by atoms with E-state index >= 15 is 0 Å². The Morgan fingerprint density at radius 2 is 1.96 bits per heavy atom. The summed E-state index contributed by atoms with van der Waals surface area (Å²) in [7, 11) is 2.94. The number of rotatable bonds is 2. The van der Waals surface area contributed by atoms with Gasteiger partial charge in [-0.2, -0.15) is 0 Å². The fraction of sp³-hybridized carbons (Fsp3) is 0.429. The minimum Gasteiger partial charge on any atom is -0.347 e. The van der Waals surface area contributed by atoms with Crippen LogP contribution in [0.25, 0.3) is 11.0 Å². The van der Waals surface area contributed by atoms with Gasteiger partial charge in [0.05, 0.1) is 5.39 Å². The number of amides is 1. The lowest BCUT2D eigenvalue weighted by Gasteiger charge is -2.12. The zero-order valence-corrected chi connectivity index (χ0v) is 14.9. The van der Waals surface area contributed by atoms with E-state index in [0.29, 0.717) is 5.39 Å². The summed E-state index contributed by atoms with van der Waals surface area (Å²) in [4.78, 5) is 40.4. The van der Waals surface area contributed by atoms with Gasteiger partial charge in [-0.3, -0.25) is 18.7 Å². The number of hydrogen-bond donors (Lipinski definition) is 2. The maximum absolute atomic E-state index is 12.2. The molecule has 8 nitrogen and oxygen atoms in total. The van der Waals surface area contributed by atoms with Crippen LogP contribution in [0.4, 0.5) is 0 Å². The van der Waals surface area contributed by atoms with Crippen molar-refractivity contribution < 1.29 is 4.79 Å². The summed E-state index contributed by atoms with van der Waals surface area (Å²) in [6, 6.07) is 3.12. The molecule has 0 radical (unpaired) electrons. The zero-order valence-electron chi connectivity index (χ0n) is 13.2. The first kappa shape index (κ1) is 20.1. The van der Waals surface area contributed by atoms with Gasteiger partial charge in [0.2, 0.25) is 0 Å². The van der Waals surface area contributed by atoms with Crippen LogP contribution in [0.15, 0.2) is 21.7 Å². The molecule has 0 bridgehead atoms. The van der Waals surface area contributed by atoms with E-state index in [2.05, 4.69) is 15.6 Å². The number of aryl methyl sites for hydroxylation is 1. The number of carbonyl (C=O) groups excluding carboxylic acids is 1. The summed E-state index contributed by atoms with van der Waals surface area (Å²) >= 11 is 0. The van der Waals surface area contributed by atoms with Crippen molar-refractivity contribution >= 4 is 41.8 Å². The lowest BCUT2D eigenvalue weighted by Crippen LogP contribution is -2.38. The van der Waals surface area contributed by atoms with Gasteiger partial charge in [0, 0.05) is 26.7 Å². The molecular formula is C14H19Cl2N5O3. The Morgan fingerprint density at radius 1 is 1.25 bits per heavy atom. The van der Waals surface area contributed by atoms with E-state index in [1.807, 2.05) is 0 Å². The SMILES string of the molecule is Cl.Cl.Cn1c(=O)c2ccc(C(=O)NC3CCNC3)nc2n(C)c1=O. The van der Waals surface area contributed by atoms with Gasteiger partial charge in [0.15, 0.2) is 0 Å². The first-order chi connectivity index (χ1) is 10.5.